The molecule has 3 aromatic rings. The lowest BCUT2D eigenvalue weighted by molar-refractivity contribution is 0.0740. The number of hydrogen-bond donors (Lipinski definition) is 0. The zero-order chi connectivity index (χ0) is 20.2. The van der Waals surface area contributed by atoms with Crippen LogP contribution in [0, 0.1) is 0 Å². The third kappa shape index (κ3) is 3.85. The van der Waals surface area contributed by atoms with Crippen LogP contribution in [0.1, 0.15) is 30.3 Å². The third-order valence-electron chi connectivity index (χ3n) is 5.33. The van der Waals surface area contributed by atoms with Crippen molar-refractivity contribution in [3.05, 3.63) is 64.7 Å². The predicted octanol–water partition coefficient (Wildman–Crippen LogP) is 2.55. The minimum Gasteiger partial charge on any atom is -0.353 e. The molecule has 0 bridgehead atoms. The van der Waals surface area contributed by atoms with Gasteiger partial charge >= 0.3 is 0 Å². The average molecular weight is 391 g/mol. The number of rotatable bonds is 5. The Morgan fingerprint density at radius 1 is 1.00 bits per heavy atom. The first-order valence-electron chi connectivity index (χ1n) is 10.1. The van der Waals surface area contributed by atoms with E-state index < -0.39 is 0 Å². The first kappa shape index (κ1) is 19.1. The summed E-state index contributed by atoms with van der Waals surface area (Å²) in [5.41, 5.74) is 0.230. The van der Waals surface area contributed by atoms with Crippen LogP contribution in [-0.4, -0.2) is 51.8 Å². The molecular formula is C22H25N5O2. The molecule has 0 unspecified atom stereocenters. The van der Waals surface area contributed by atoms with E-state index in [4.69, 9.17) is 0 Å². The summed E-state index contributed by atoms with van der Waals surface area (Å²) in [4.78, 5) is 34.4. The standard InChI is InChI=1S/C22H25N5O2/c1-2-3-12-27-21(28)18-9-5-4-8-17(18)20(24-27)22(29)26-15-13-25(14-16-26)19-10-6-7-11-23-19/h4-11H,2-3,12-16H2,1H3. The van der Waals surface area contributed by atoms with E-state index in [1.807, 2.05) is 41.3 Å². The average Bonchev–Trinajstić information content (AvgIpc) is 2.79. The van der Waals surface area contributed by atoms with Crippen LogP contribution in [0.25, 0.3) is 10.8 Å². The molecule has 1 aliphatic rings. The minimum absolute atomic E-state index is 0.118. The van der Waals surface area contributed by atoms with Crippen molar-refractivity contribution in [3.8, 4) is 0 Å². The highest BCUT2D eigenvalue weighted by Crippen LogP contribution is 2.18. The van der Waals surface area contributed by atoms with Crippen LogP contribution in [0.15, 0.2) is 53.5 Å². The molecule has 1 amide bonds. The number of nitrogens with zero attached hydrogens (tertiary/aromatic N) is 5. The van der Waals surface area contributed by atoms with Crippen molar-refractivity contribution in [1.29, 1.82) is 0 Å². The van der Waals surface area contributed by atoms with Gasteiger partial charge in [0.15, 0.2) is 5.69 Å². The SMILES string of the molecule is CCCCn1nc(C(=O)N2CCN(c3ccccn3)CC2)c2ccccc2c1=O. The second-order valence-corrected chi connectivity index (χ2v) is 7.24. The molecule has 150 valence electrons. The number of fused-ring (bicyclic) bond motifs is 1. The highest BCUT2D eigenvalue weighted by molar-refractivity contribution is 6.04. The minimum atomic E-state index is -0.134. The maximum absolute atomic E-state index is 13.3. The summed E-state index contributed by atoms with van der Waals surface area (Å²) in [5, 5.41) is 5.65. The number of unbranched alkanes of at least 4 members (excludes halogenated alkanes) is 1. The van der Waals surface area contributed by atoms with Crippen molar-refractivity contribution < 1.29 is 4.79 Å². The molecule has 4 rings (SSSR count). The van der Waals surface area contributed by atoms with E-state index >= 15 is 0 Å². The second-order valence-electron chi connectivity index (χ2n) is 7.24. The van der Waals surface area contributed by atoms with E-state index in [1.165, 1.54) is 4.68 Å². The topological polar surface area (TPSA) is 71.3 Å². The Morgan fingerprint density at radius 3 is 2.41 bits per heavy atom. The molecule has 0 saturated carbocycles. The van der Waals surface area contributed by atoms with Crippen LogP contribution in [0.2, 0.25) is 0 Å². The number of carbonyl (C=O) groups is 1. The normalized spacial score (nSPS) is 14.4. The van der Waals surface area contributed by atoms with Crippen LogP contribution in [0.3, 0.4) is 0 Å². The van der Waals surface area contributed by atoms with Crippen LogP contribution in [-0.2, 0) is 6.54 Å². The smallest absolute Gasteiger partial charge is 0.275 e. The van der Waals surface area contributed by atoms with Crippen LogP contribution in [0.4, 0.5) is 5.82 Å². The van der Waals surface area contributed by atoms with Crippen molar-refractivity contribution in [2.24, 2.45) is 0 Å². The van der Waals surface area contributed by atoms with E-state index in [0.29, 0.717) is 36.1 Å². The Bertz CT molecular complexity index is 1060. The first-order valence-corrected chi connectivity index (χ1v) is 10.1. The van der Waals surface area contributed by atoms with E-state index in [2.05, 4.69) is 21.9 Å². The highest BCUT2D eigenvalue weighted by Gasteiger charge is 2.26. The molecule has 0 N–H and O–H groups in total. The Morgan fingerprint density at radius 2 is 1.72 bits per heavy atom. The molecular weight excluding hydrogens is 366 g/mol. The predicted molar refractivity (Wildman–Crippen MR) is 113 cm³/mol. The Labute approximate surface area is 169 Å². The van der Waals surface area contributed by atoms with Gasteiger partial charge in [0.1, 0.15) is 5.82 Å². The molecule has 0 spiro atoms. The highest BCUT2D eigenvalue weighted by atomic mass is 16.2. The number of piperazine rings is 1. The maximum Gasteiger partial charge on any atom is 0.275 e. The number of aryl methyl sites for hydroxylation is 1. The van der Waals surface area contributed by atoms with Crippen molar-refractivity contribution >= 4 is 22.5 Å². The van der Waals surface area contributed by atoms with Gasteiger partial charge in [0.05, 0.1) is 5.39 Å². The summed E-state index contributed by atoms with van der Waals surface area (Å²) in [5.74, 6) is 0.809. The third-order valence-corrected chi connectivity index (χ3v) is 5.33. The molecule has 1 aromatic carbocycles. The molecule has 29 heavy (non-hydrogen) atoms. The Kier molecular flexibility index (Phi) is 5.55. The monoisotopic (exact) mass is 391 g/mol. The summed E-state index contributed by atoms with van der Waals surface area (Å²) < 4.78 is 1.45. The van der Waals surface area contributed by atoms with Gasteiger partial charge in [0, 0.05) is 44.3 Å². The molecule has 0 radical (unpaired) electrons. The fraction of sp³-hybridized carbons (Fsp3) is 0.364. The van der Waals surface area contributed by atoms with E-state index in [1.54, 1.807) is 12.3 Å². The van der Waals surface area contributed by atoms with Gasteiger partial charge in [-0.2, -0.15) is 5.10 Å². The first-order chi connectivity index (χ1) is 14.2. The number of aromatic nitrogens is 3. The number of carbonyl (C=O) groups excluding carboxylic acids is 1. The number of anilines is 1. The molecule has 0 atom stereocenters. The van der Waals surface area contributed by atoms with Gasteiger partial charge < -0.3 is 9.80 Å². The molecule has 3 heterocycles. The van der Waals surface area contributed by atoms with Gasteiger partial charge in [-0.15, -0.1) is 0 Å². The van der Waals surface area contributed by atoms with Gasteiger partial charge in [-0.1, -0.05) is 37.6 Å². The van der Waals surface area contributed by atoms with Gasteiger partial charge in [0.2, 0.25) is 0 Å². The fourth-order valence-electron chi connectivity index (χ4n) is 3.68. The molecule has 7 heteroatoms. The zero-order valence-electron chi connectivity index (χ0n) is 16.6. The van der Waals surface area contributed by atoms with Gasteiger partial charge in [-0.05, 0) is 24.6 Å². The van der Waals surface area contributed by atoms with Crippen molar-refractivity contribution in [1.82, 2.24) is 19.7 Å². The summed E-state index contributed by atoms with van der Waals surface area (Å²) in [6.45, 7) is 5.22. The Balaban J connectivity index is 1.60. The summed E-state index contributed by atoms with van der Waals surface area (Å²) in [6.07, 6.45) is 3.59. The number of benzene rings is 1. The molecule has 1 saturated heterocycles. The quantitative estimate of drug-likeness (QED) is 0.668. The summed E-state index contributed by atoms with van der Waals surface area (Å²) in [7, 11) is 0. The lowest BCUT2D eigenvalue weighted by atomic mass is 10.1. The molecule has 1 aliphatic heterocycles. The van der Waals surface area contributed by atoms with E-state index in [0.717, 1.165) is 31.7 Å². The van der Waals surface area contributed by atoms with Gasteiger partial charge in [0.25, 0.3) is 11.5 Å². The zero-order valence-corrected chi connectivity index (χ0v) is 16.6. The second kappa shape index (κ2) is 8.43. The van der Waals surface area contributed by atoms with Crippen molar-refractivity contribution in [3.63, 3.8) is 0 Å². The maximum atomic E-state index is 13.3. The molecule has 0 aliphatic carbocycles. The molecule has 2 aromatic heterocycles. The number of amides is 1. The lowest BCUT2D eigenvalue weighted by Gasteiger charge is -2.35. The Hall–Kier alpha value is -3.22. The van der Waals surface area contributed by atoms with Gasteiger partial charge in [-0.25, -0.2) is 9.67 Å². The number of pyridine rings is 1. The summed E-state index contributed by atoms with van der Waals surface area (Å²) in [6, 6.07) is 13.1. The van der Waals surface area contributed by atoms with Gasteiger partial charge in [-0.3, -0.25) is 9.59 Å². The van der Waals surface area contributed by atoms with Crippen LogP contribution < -0.4 is 10.5 Å². The van der Waals surface area contributed by atoms with Crippen molar-refractivity contribution in [2.75, 3.05) is 31.1 Å². The lowest BCUT2D eigenvalue weighted by Crippen LogP contribution is -2.49. The van der Waals surface area contributed by atoms with E-state index in [9.17, 15) is 9.59 Å². The van der Waals surface area contributed by atoms with Crippen molar-refractivity contribution in [2.45, 2.75) is 26.3 Å². The summed E-state index contributed by atoms with van der Waals surface area (Å²) >= 11 is 0. The largest absolute Gasteiger partial charge is 0.353 e. The van der Waals surface area contributed by atoms with Crippen LogP contribution >= 0.6 is 0 Å². The molecule has 1 fully saturated rings. The molecule has 7 nitrogen and oxygen atoms in total. The van der Waals surface area contributed by atoms with Crippen LogP contribution in [0.5, 0.6) is 0 Å². The van der Waals surface area contributed by atoms with E-state index in [-0.39, 0.29) is 11.5 Å². The number of hydrogen-bond acceptors (Lipinski definition) is 5. The fourth-order valence-corrected chi connectivity index (χ4v) is 3.68.